The number of rotatable bonds is 2. The lowest BCUT2D eigenvalue weighted by molar-refractivity contribution is 1.26. The van der Waals surface area contributed by atoms with Crippen LogP contribution in [0.2, 0.25) is 0 Å². The Kier molecular flexibility index (Phi) is 3.72. The van der Waals surface area contributed by atoms with Gasteiger partial charge in [0.1, 0.15) is 5.84 Å². The Balaban J connectivity index is 1.84. The Morgan fingerprint density at radius 1 is 0.783 bits per heavy atom. The smallest absolute Gasteiger partial charge is 0.118 e. The van der Waals surface area contributed by atoms with Gasteiger partial charge in [0.2, 0.25) is 0 Å². The van der Waals surface area contributed by atoms with Gasteiger partial charge in [0.25, 0.3) is 0 Å². The van der Waals surface area contributed by atoms with Crippen LogP contribution in [0.1, 0.15) is 5.56 Å². The minimum Gasteiger partial charge on any atom is -0.297 e. The van der Waals surface area contributed by atoms with Gasteiger partial charge in [-0.25, -0.2) is 4.99 Å². The molecule has 2 nitrogen and oxygen atoms in total. The fourth-order valence-corrected chi connectivity index (χ4v) is 3.35. The average Bonchev–Trinajstić information content (AvgIpc) is 3.01. The number of hydrogen-bond acceptors (Lipinski definition) is 2. The molecule has 1 heterocycles. The summed E-state index contributed by atoms with van der Waals surface area (Å²) in [6.07, 6.45) is 0.840. The van der Waals surface area contributed by atoms with E-state index in [2.05, 4.69) is 81.5 Å². The highest BCUT2D eigenvalue weighted by molar-refractivity contribution is 9.10. The van der Waals surface area contributed by atoms with E-state index in [1.54, 1.807) is 0 Å². The predicted octanol–water partition coefficient (Wildman–Crippen LogP) is 5.87. The lowest BCUT2D eigenvalue weighted by atomic mass is 10.1. The third kappa shape index (κ3) is 2.68. The van der Waals surface area contributed by atoms with Gasteiger partial charge in [-0.15, -0.1) is 0 Å². The van der Waals surface area contributed by atoms with Gasteiger partial charge in [-0.2, -0.15) is 0 Å². The van der Waals surface area contributed by atoms with E-state index in [1.807, 2.05) is 18.2 Å². The Bertz CT molecular complexity index is 872. The Morgan fingerprint density at radius 2 is 1.48 bits per heavy atom. The quantitative estimate of drug-likeness (QED) is 0.556. The largest absolute Gasteiger partial charge is 0.297 e. The first kappa shape index (κ1) is 14.2. The number of amidine groups is 1. The van der Waals surface area contributed by atoms with Crippen LogP contribution in [0.15, 0.2) is 88.3 Å². The second-order valence-electron chi connectivity index (χ2n) is 5.46. The molecule has 4 rings (SSSR count). The van der Waals surface area contributed by atoms with Crippen LogP contribution < -0.4 is 4.90 Å². The first-order valence-corrected chi connectivity index (χ1v) is 8.37. The minimum absolute atomic E-state index is 0.840. The van der Waals surface area contributed by atoms with Crippen LogP contribution in [0.25, 0.3) is 0 Å². The van der Waals surface area contributed by atoms with E-state index in [9.17, 15) is 0 Å². The number of halogens is 1. The summed E-state index contributed by atoms with van der Waals surface area (Å²) in [6.45, 7) is 0. The van der Waals surface area contributed by atoms with Crippen LogP contribution in [0, 0.1) is 0 Å². The van der Waals surface area contributed by atoms with Gasteiger partial charge in [0.15, 0.2) is 0 Å². The van der Waals surface area contributed by atoms with Crippen molar-refractivity contribution < 1.29 is 0 Å². The van der Waals surface area contributed by atoms with E-state index in [4.69, 9.17) is 4.99 Å². The first-order valence-electron chi connectivity index (χ1n) is 7.58. The summed E-state index contributed by atoms with van der Waals surface area (Å²) >= 11 is 3.68. The van der Waals surface area contributed by atoms with Gasteiger partial charge >= 0.3 is 0 Å². The molecule has 3 heteroatoms. The van der Waals surface area contributed by atoms with E-state index in [1.165, 1.54) is 5.56 Å². The maximum atomic E-state index is 4.87. The molecule has 23 heavy (non-hydrogen) atoms. The van der Waals surface area contributed by atoms with Gasteiger partial charge in [-0.1, -0.05) is 48.5 Å². The molecule has 0 amide bonds. The second-order valence-corrected chi connectivity index (χ2v) is 6.31. The Labute approximate surface area is 144 Å². The zero-order valence-electron chi connectivity index (χ0n) is 12.5. The monoisotopic (exact) mass is 362 g/mol. The predicted molar refractivity (Wildman–Crippen MR) is 100.0 cm³/mol. The average molecular weight is 363 g/mol. The molecule has 112 valence electrons. The van der Waals surface area contributed by atoms with Crippen molar-refractivity contribution >= 4 is 38.8 Å². The van der Waals surface area contributed by atoms with Gasteiger partial charge in [0.05, 0.1) is 11.4 Å². The molecule has 0 aliphatic carbocycles. The highest BCUT2D eigenvalue weighted by Gasteiger charge is 2.23. The molecule has 0 bridgehead atoms. The highest BCUT2D eigenvalue weighted by Crippen LogP contribution is 2.36. The molecule has 1 aliphatic heterocycles. The summed E-state index contributed by atoms with van der Waals surface area (Å²) in [7, 11) is 0. The fourth-order valence-electron chi connectivity index (χ4n) is 2.88. The minimum atomic E-state index is 0.840. The van der Waals surface area contributed by atoms with Gasteiger partial charge < -0.3 is 0 Å². The molecule has 3 aromatic rings. The third-order valence-corrected chi connectivity index (χ3v) is 4.63. The standard InChI is InChI=1S/C20H15BrN2/c21-17-11-5-7-13-19(17)23(16-9-2-1-3-10-16)20-14-15-8-4-6-12-18(15)22-20/h1-13H,14H2. The molecule has 3 aromatic carbocycles. The van der Waals surface area contributed by atoms with Gasteiger partial charge in [-0.05, 0) is 51.8 Å². The SMILES string of the molecule is Brc1ccccc1N(C1=Nc2ccccc2C1)c1ccccc1. The topological polar surface area (TPSA) is 15.6 Å². The maximum absolute atomic E-state index is 4.87. The van der Waals surface area contributed by atoms with Crippen LogP contribution in [0.5, 0.6) is 0 Å². The highest BCUT2D eigenvalue weighted by atomic mass is 79.9. The lowest BCUT2D eigenvalue weighted by Gasteiger charge is -2.26. The van der Waals surface area contributed by atoms with E-state index >= 15 is 0 Å². The van der Waals surface area contributed by atoms with Crippen LogP contribution in [0.4, 0.5) is 17.1 Å². The zero-order chi connectivity index (χ0) is 15.6. The van der Waals surface area contributed by atoms with Crippen LogP contribution in [-0.4, -0.2) is 5.84 Å². The number of nitrogens with zero attached hydrogens (tertiary/aromatic N) is 2. The summed E-state index contributed by atoms with van der Waals surface area (Å²) in [5.41, 5.74) is 4.56. The van der Waals surface area contributed by atoms with E-state index < -0.39 is 0 Å². The number of para-hydroxylation sites is 3. The summed E-state index contributed by atoms with van der Waals surface area (Å²) in [5.74, 6) is 1.05. The third-order valence-electron chi connectivity index (χ3n) is 3.96. The second kappa shape index (κ2) is 6.01. The van der Waals surface area contributed by atoms with Crippen LogP contribution in [-0.2, 0) is 6.42 Å². The molecule has 0 saturated carbocycles. The molecule has 0 N–H and O–H groups in total. The molecule has 0 fully saturated rings. The number of aliphatic imine (C=N–C) groups is 1. The molecule has 0 aromatic heterocycles. The van der Waals surface area contributed by atoms with Crippen molar-refractivity contribution in [1.29, 1.82) is 0 Å². The molecule has 0 spiro atoms. The van der Waals surface area contributed by atoms with Gasteiger partial charge in [-0.3, -0.25) is 4.90 Å². The number of anilines is 2. The summed E-state index contributed by atoms with van der Waals surface area (Å²) in [4.78, 5) is 7.09. The van der Waals surface area contributed by atoms with Crippen molar-refractivity contribution in [2.75, 3.05) is 4.90 Å². The van der Waals surface area contributed by atoms with Crippen molar-refractivity contribution in [2.24, 2.45) is 4.99 Å². The summed E-state index contributed by atoms with van der Waals surface area (Å²) in [5, 5.41) is 0. The number of benzene rings is 3. The number of fused-ring (bicyclic) bond motifs is 1. The first-order chi connectivity index (χ1) is 11.3. The fraction of sp³-hybridized carbons (Fsp3) is 0.0500. The lowest BCUT2D eigenvalue weighted by Crippen LogP contribution is -2.26. The molecule has 0 radical (unpaired) electrons. The van der Waals surface area contributed by atoms with E-state index in [0.29, 0.717) is 0 Å². The van der Waals surface area contributed by atoms with Crippen molar-refractivity contribution in [3.8, 4) is 0 Å². The van der Waals surface area contributed by atoms with Crippen LogP contribution in [0.3, 0.4) is 0 Å². The molecule has 1 aliphatic rings. The van der Waals surface area contributed by atoms with E-state index in [-0.39, 0.29) is 0 Å². The van der Waals surface area contributed by atoms with Crippen LogP contribution >= 0.6 is 15.9 Å². The molecule has 0 saturated heterocycles. The molecular formula is C20H15BrN2. The van der Waals surface area contributed by atoms with Gasteiger partial charge in [0, 0.05) is 16.6 Å². The van der Waals surface area contributed by atoms with Crippen molar-refractivity contribution in [3.05, 3.63) is 88.9 Å². The Morgan fingerprint density at radius 3 is 2.26 bits per heavy atom. The molecular weight excluding hydrogens is 348 g/mol. The Hall–Kier alpha value is -2.39. The van der Waals surface area contributed by atoms with E-state index in [0.717, 1.165) is 33.8 Å². The summed E-state index contributed by atoms with van der Waals surface area (Å²) in [6, 6.07) is 27.0. The summed E-state index contributed by atoms with van der Waals surface area (Å²) < 4.78 is 1.06. The normalized spacial score (nSPS) is 12.7. The molecule has 0 atom stereocenters. The van der Waals surface area contributed by atoms with Crippen molar-refractivity contribution in [3.63, 3.8) is 0 Å². The number of hydrogen-bond donors (Lipinski definition) is 0. The van der Waals surface area contributed by atoms with Crippen molar-refractivity contribution in [2.45, 2.75) is 6.42 Å². The van der Waals surface area contributed by atoms with Crippen molar-refractivity contribution in [1.82, 2.24) is 0 Å². The molecule has 0 unspecified atom stereocenters. The zero-order valence-corrected chi connectivity index (χ0v) is 14.1. The maximum Gasteiger partial charge on any atom is 0.118 e.